The van der Waals surface area contributed by atoms with Crippen LogP contribution in [0.5, 0.6) is 0 Å². The van der Waals surface area contributed by atoms with Crippen molar-refractivity contribution in [1.82, 2.24) is 0 Å². The lowest BCUT2D eigenvalue weighted by atomic mass is 10.7. The van der Waals surface area contributed by atoms with Gasteiger partial charge in [-0.2, -0.15) is 8.78 Å². The number of alkyl halides is 2. The molecule has 0 aromatic rings. The van der Waals surface area contributed by atoms with Crippen molar-refractivity contribution in [3.05, 3.63) is 0 Å². The number of hydrogen-bond donors (Lipinski definition) is 2. The molecule has 0 rings (SSSR count). The van der Waals surface area contributed by atoms with Crippen LogP contribution in [0, 0.1) is 0 Å². The Bertz CT molecular complexity index is 244. The predicted octanol–water partition coefficient (Wildman–Crippen LogP) is -1.05. The third kappa shape index (κ3) is 1.39. The smallest absolute Gasteiger partial charge is 0.453 e. The Morgan fingerprint density at radius 3 is 1.80 bits per heavy atom. The van der Waals surface area contributed by atoms with Crippen LogP contribution in [0.15, 0.2) is 0 Å². The van der Waals surface area contributed by atoms with E-state index in [1.54, 1.807) is 0 Å². The topological polar surface area (TPSA) is 97.5 Å². The summed E-state index contributed by atoms with van der Waals surface area (Å²) in [5.41, 5.74) is 0. The van der Waals surface area contributed by atoms with E-state index in [9.17, 15) is 22.0 Å². The van der Waals surface area contributed by atoms with E-state index in [1.807, 2.05) is 0 Å². The highest BCUT2D eigenvalue weighted by Gasteiger charge is 2.51. The third-order valence-corrected chi connectivity index (χ3v) is 1.50. The fourth-order valence-corrected chi connectivity index (χ4v) is 0.365. The summed E-state index contributed by atoms with van der Waals surface area (Å²) in [5, 5.41) is 6.53. The summed E-state index contributed by atoms with van der Waals surface area (Å²) in [6.45, 7) is 0. The molecule has 0 bridgehead atoms. The number of rotatable bonds is 2. The number of primary sulfonamides is 1. The lowest BCUT2D eigenvalue weighted by molar-refractivity contribution is -0.153. The van der Waals surface area contributed by atoms with Gasteiger partial charge < -0.3 is 5.11 Å². The fraction of sp³-hybridized carbons (Fsp3) is 0.500. The molecule has 0 saturated carbocycles. The molecule has 0 radical (unpaired) electrons. The summed E-state index contributed by atoms with van der Waals surface area (Å²) in [6, 6.07) is 0. The van der Waals surface area contributed by atoms with Crippen LogP contribution in [0.4, 0.5) is 8.78 Å². The second-order valence-corrected chi connectivity index (χ2v) is 2.97. The van der Waals surface area contributed by atoms with E-state index < -0.39 is 21.2 Å². The first kappa shape index (κ1) is 9.24. The van der Waals surface area contributed by atoms with E-state index in [2.05, 4.69) is 5.14 Å². The number of sulfonamides is 1. The summed E-state index contributed by atoms with van der Waals surface area (Å²) in [6.07, 6.45) is 0. The second-order valence-electron chi connectivity index (χ2n) is 1.37. The molecule has 0 aliphatic heterocycles. The molecule has 0 aliphatic carbocycles. The van der Waals surface area contributed by atoms with Crippen molar-refractivity contribution in [2.24, 2.45) is 5.14 Å². The molecular formula is C2H3F2NO4S. The van der Waals surface area contributed by atoms with Gasteiger partial charge in [-0.1, -0.05) is 0 Å². The van der Waals surface area contributed by atoms with Crippen molar-refractivity contribution in [3.63, 3.8) is 0 Å². The highest BCUT2D eigenvalue weighted by Crippen LogP contribution is 2.17. The molecule has 8 heteroatoms. The first-order valence-corrected chi connectivity index (χ1v) is 3.38. The highest BCUT2D eigenvalue weighted by atomic mass is 32.2. The Morgan fingerprint density at radius 1 is 1.50 bits per heavy atom. The molecule has 0 aromatic carbocycles. The van der Waals surface area contributed by atoms with Crippen LogP contribution in [-0.2, 0) is 14.8 Å². The standard InChI is InChI=1S/C2H3F2NO4S/c3-2(4,1(6)7)10(5,8)9/h(H,6,7)(H2,5,8,9). The molecule has 0 heterocycles. The van der Waals surface area contributed by atoms with Gasteiger partial charge in [0, 0.05) is 0 Å². The van der Waals surface area contributed by atoms with Gasteiger partial charge in [-0.3, -0.25) is 0 Å². The van der Waals surface area contributed by atoms with Crippen molar-refractivity contribution in [2.45, 2.75) is 5.25 Å². The minimum Gasteiger partial charge on any atom is -0.476 e. The largest absolute Gasteiger partial charge is 0.476 e. The Morgan fingerprint density at radius 2 is 1.80 bits per heavy atom. The van der Waals surface area contributed by atoms with Crippen LogP contribution in [0.3, 0.4) is 0 Å². The third-order valence-electron chi connectivity index (χ3n) is 0.606. The number of carboxylic acids is 1. The lowest BCUT2D eigenvalue weighted by Gasteiger charge is -2.05. The summed E-state index contributed by atoms with van der Waals surface area (Å²) < 4.78 is 43.0. The fourth-order valence-electron chi connectivity index (χ4n) is 0.122. The summed E-state index contributed by atoms with van der Waals surface area (Å²) in [7, 11) is -5.33. The number of aliphatic carboxylic acids is 1. The maximum atomic E-state index is 11.7. The summed E-state index contributed by atoms with van der Waals surface area (Å²) in [4.78, 5) is 9.46. The Balaban J connectivity index is 4.95. The van der Waals surface area contributed by atoms with E-state index in [-0.39, 0.29) is 0 Å². The average Bonchev–Trinajstić information content (AvgIpc) is 1.62. The second kappa shape index (κ2) is 2.13. The van der Waals surface area contributed by atoms with Crippen LogP contribution in [0.1, 0.15) is 0 Å². The van der Waals surface area contributed by atoms with Crippen molar-refractivity contribution in [1.29, 1.82) is 0 Å². The molecule has 3 N–H and O–H groups in total. The van der Waals surface area contributed by atoms with E-state index in [1.165, 1.54) is 0 Å². The number of carbonyl (C=O) groups is 1. The van der Waals surface area contributed by atoms with Gasteiger partial charge in [-0.15, -0.1) is 0 Å². The quantitative estimate of drug-likeness (QED) is 0.559. The number of carboxylic acid groups (broad SMARTS) is 1. The van der Waals surface area contributed by atoms with Gasteiger partial charge in [0.15, 0.2) is 0 Å². The molecular weight excluding hydrogens is 172 g/mol. The van der Waals surface area contributed by atoms with Crippen LogP contribution in [0.2, 0.25) is 0 Å². The van der Waals surface area contributed by atoms with E-state index in [0.29, 0.717) is 0 Å². The van der Waals surface area contributed by atoms with E-state index in [0.717, 1.165) is 0 Å². The van der Waals surface area contributed by atoms with Crippen molar-refractivity contribution in [3.8, 4) is 0 Å². The lowest BCUT2D eigenvalue weighted by Crippen LogP contribution is -2.42. The Kier molecular flexibility index (Phi) is 1.97. The first-order chi connectivity index (χ1) is 4.19. The molecule has 0 aliphatic rings. The molecule has 60 valence electrons. The van der Waals surface area contributed by atoms with Gasteiger partial charge in [-0.05, 0) is 0 Å². The Hall–Kier alpha value is -0.760. The zero-order chi connectivity index (χ0) is 8.58. The van der Waals surface area contributed by atoms with Crippen LogP contribution >= 0.6 is 0 Å². The molecule has 0 atom stereocenters. The molecule has 0 saturated heterocycles. The van der Waals surface area contributed by atoms with E-state index in [4.69, 9.17) is 5.11 Å². The van der Waals surface area contributed by atoms with Crippen LogP contribution in [-0.4, -0.2) is 24.7 Å². The normalized spacial score (nSPS) is 13.1. The Labute approximate surface area is 54.5 Å². The molecule has 0 fully saturated rings. The highest BCUT2D eigenvalue weighted by molar-refractivity contribution is 7.91. The van der Waals surface area contributed by atoms with Crippen LogP contribution in [0.25, 0.3) is 0 Å². The van der Waals surface area contributed by atoms with Gasteiger partial charge in [0.25, 0.3) is 10.0 Å². The molecule has 0 amide bonds. The minimum atomic E-state index is -5.33. The van der Waals surface area contributed by atoms with Gasteiger partial charge in [0.2, 0.25) is 0 Å². The van der Waals surface area contributed by atoms with Gasteiger partial charge in [0.05, 0.1) is 0 Å². The maximum Gasteiger partial charge on any atom is 0.453 e. The average molecular weight is 175 g/mol. The number of nitrogens with two attached hydrogens (primary N) is 1. The zero-order valence-electron chi connectivity index (χ0n) is 4.41. The number of halogens is 2. The van der Waals surface area contributed by atoms with Crippen molar-refractivity contribution in [2.75, 3.05) is 0 Å². The predicted molar refractivity (Wildman–Crippen MR) is 25.7 cm³/mol. The van der Waals surface area contributed by atoms with Gasteiger partial charge in [-0.25, -0.2) is 18.4 Å². The molecule has 0 unspecified atom stereocenters. The molecule has 0 spiro atoms. The molecule has 10 heavy (non-hydrogen) atoms. The molecule has 0 aromatic heterocycles. The summed E-state index contributed by atoms with van der Waals surface area (Å²) >= 11 is 0. The summed E-state index contributed by atoms with van der Waals surface area (Å²) in [5.74, 6) is -2.78. The molecule has 5 nitrogen and oxygen atoms in total. The maximum absolute atomic E-state index is 11.7. The number of hydrogen-bond acceptors (Lipinski definition) is 3. The van der Waals surface area contributed by atoms with E-state index >= 15 is 0 Å². The van der Waals surface area contributed by atoms with Crippen molar-refractivity contribution >= 4 is 16.0 Å². The monoisotopic (exact) mass is 175 g/mol. The van der Waals surface area contributed by atoms with Gasteiger partial charge in [0.1, 0.15) is 0 Å². The zero-order valence-corrected chi connectivity index (χ0v) is 5.23. The minimum absolute atomic E-state index is 2.78. The van der Waals surface area contributed by atoms with Crippen LogP contribution < -0.4 is 5.14 Å². The van der Waals surface area contributed by atoms with Gasteiger partial charge >= 0.3 is 11.2 Å². The first-order valence-electron chi connectivity index (χ1n) is 1.83. The SMILES string of the molecule is NS(=O)(=O)C(F)(F)C(=O)O. The van der Waals surface area contributed by atoms with Crippen molar-refractivity contribution < 1.29 is 27.1 Å².